The van der Waals surface area contributed by atoms with Gasteiger partial charge in [-0.1, -0.05) is 0 Å². The Kier molecular flexibility index (Phi) is 4.52. The van der Waals surface area contributed by atoms with Gasteiger partial charge in [0, 0.05) is 24.7 Å². The van der Waals surface area contributed by atoms with E-state index in [-0.39, 0.29) is 17.2 Å². The van der Waals surface area contributed by atoms with Crippen molar-refractivity contribution in [2.24, 2.45) is 15.8 Å². The van der Waals surface area contributed by atoms with Gasteiger partial charge < -0.3 is 10.9 Å². The molecule has 1 rings (SSSR count). The van der Waals surface area contributed by atoms with Crippen molar-refractivity contribution in [2.75, 3.05) is 7.05 Å². The first kappa shape index (κ1) is 13.0. The zero-order chi connectivity index (χ0) is 12.8. The highest BCUT2D eigenvalue weighted by Crippen LogP contribution is 2.09. The fourth-order valence-electron chi connectivity index (χ4n) is 0.994. The van der Waals surface area contributed by atoms with Crippen LogP contribution in [-0.4, -0.2) is 24.4 Å². The molecule has 0 aromatic heterocycles. The number of guanidine groups is 1. The first-order chi connectivity index (χ1) is 8.04. The zero-order valence-electron chi connectivity index (χ0n) is 9.01. The molecule has 0 aliphatic carbocycles. The molecule has 0 aliphatic heterocycles. The molecule has 0 saturated carbocycles. The Morgan fingerprint density at radius 1 is 1.65 bits per heavy atom. The van der Waals surface area contributed by atoms with Gasteiger partial charge in [-0.2, -0.15) is 10.3 Å². The number of nitrogens with zero attached hydrogens (tertiary/aromatic N) is 2. The molecule has 5 N–H and O–H groups in total. The molecule has 1 aromatic rings. The van der Waals surface area contributed by atoms with Crippen LogP contribution in [0.4, 0.5) is 10.1 Å². The van der Waals surface area contributed by atoms with Gasteiger partial charge >= 0.3 is 0 Å². The van der Waals surface area contributed by atoms with Crippen LogP contribution >= 0.6 is 0 Å². The van der Waals surface area contributed by atoms with E-state index >= 15 is 0 Å². The molecular formula is C9H12FN5O2. The van der Waals surface area contributed by atoms with Crippen LogP contribution in [0, 0.1) is 11.0 Å². The van der Waals surface area contributed by atoms with Crippen molar-refractivity contribution in [3.63, 3.8) is 0 Å². The van der Waals surface area contributed by atoms with E-state index in [0.717, 1.165) is 12.3 Å². The Labute approximate surface area is 96.6 Å². The van der Waals surface area contributed by atoms with Crippen LogP contribution in [0.1, 0.15) is 5.56 Å². The van der Waals surface area contributed by atoms with Crippen molar-refractivity contribution in [3.05, 3.63) is 34.8 Å². The van der Waals surface area contributed by atoms with E-state index in [1.54, 1.807) is 0 Å². The normalized spacial score (nSPS) is 14.0. The van der Waals surface area contributed by atoms with Gasteiger partial charge in [0.05, 0.1) is 6.21 Å². The number of benzene rings is 1. The van der Waals surface area contributed by atoms with Gasteiger partial charge in [0.2, 0.25) is 5.96 Å². The molecule has 8 heteroatoms. The van der Waals surface area contributed by atoms with Gasteiger partial charge in [-0.3, -0.25) is 4.99 Å². The SMILES string of the molecule is CN=C(N)N/N=C/c1cc([NH+]([O-])O)ccc1F. The topological polar surface area (TPSA) is 110 Å². The predicted molar refractivity (Wildman–Crippen MR) is 60.5 cm³/mol. The lowest BCUT2D eigenvalue weighted by Crippen LogP contribution is -2.99. The lowest BCUT2D eigenvalue weighted by atomic mass is 10.2. The molecule has 7 nitrogen and oxygen atoms in total. The summed E-state index contributed by atoms with van der Waals surface area (Å²) >= 11 is 0. The maximum atomic E-state index is 13.3. The average molecular weight is 241 g/mol. The summed E-state index contributed by atoms with van der Waals surface area (Å²) in [6, 6.07) is 3.40. The highest BCUT2D eigenvalue weighted by Gasteiger charge is 2.05. The molecule has 1 atom stereocenters. The molecule has 1 unspecified atom stereocenters. The minimum atomic E-state index is -1.14. The van der Waals surface area contributed by atoms with Crippen molar-refractivity contribution >= 4 is 17.9 Å². The van der Waals surface area contributed by atoms with E-state index in [1.165, 1.54) is 19.2 Å². The number of hydrazone groups is 1. The molecule has 0 radical (unpaired) electrons. The summed E-state index contributed by atoms with van der Waals surface area (Å²) in [5, 5.41) is 21.9. The fraction of sp³-hybridized carbons (Fsp3) is 0.111. The number of halogens is 1. The van der Waals surface area contributed by atoms with Gasteiger partial charge in [0.25, 0.3) is 0 Å². The van der Waals surface area contributed by atoms with Crippen LogP contribution in [0.3, 0.4) is 0 Å². The molecule has 0 amide bonds. The zero-order valence-corrected chi connectivity index (χ0v) is 9.01. The maximum absolute atomic E-state index is 13.3. The number of aliphatic imine (C=N–C) groups is 1. The summed E-state index contributed by atoms with van der Waals surface area (Å²) < 4.78 is 13.3. The Balaban J connectivity index is 2.86. The molecule has 0 saturated heterocycles. The second-order valence-corrected chi connectivity index (χ2v) is 3.02. The third-order valence-corrected chi connectivity index (χ3v) is 1.87. The van der Waals surface area contributed by atoms with Gasteiger partial charge in [0.1, 0.15) is 5.82 Å². The molecule has 0 bridgehead atoms. The molecule has 1 aromatic carbocycles. The average Bonchev–Trinajstić information content (AvgIpc) is 2.30. The molecule has 0 aliphatic rings. The summed E-state index contributed by atoms with van der Waals surface area (Å²) in [6.07, 6.45) is 1.12. The third-order valence-electron chi connectivity index (χ3n) is 1.87. The largest absolute Gasteiger partial charge is 0.595 e. The molecule has 17 heavy (non-hydrogen) atoms. The van der Waals surface area contributed by atoms with E-state index in [2.05, 4.69) is 15.5 Å². The van der Waals surface area contributed by atoms with Crippen molar-refractivity contribution in [3.8, 4) is 0 Å². The van der Waals surface area contributed by atoms with E-state index < -0.39 is 11.0 Å². The number of hydrogen-bond donors (Lipinski definition) is 4. The summed E-state index contributed by atoms with van der Waals surface area (Å²) in [6.45, 7) is 0. The number of quaternary nitrogens is 1. The second-order valence-electron chi connectivity index (χ2n) is 3.02. The third kappa shape index (κ3) is 3.79. The van der Waals surface area contributed by atoms with Crippen LogP contribution in [0.25, 0.3) is 0 Å². The van der Waals surface area contributed by atoms with Crippen molar-refractivity contribution in [2.45, 2.75) is 0 Å². The Bertz CT molecular complexity index is 447. The summed E-state index contributed by atoms with van der Waals surface area (Å²) in [7, 11) is 1.46. The smallest absolute Gasteiger partial charge is 0.209 e. The highest BCUT2D eigenvalue weighted by atomic mass is 19.1. The standard InChI is InChI=1S/C9H12FN5O2/c1-12-9(11)14-13-5-6-4-7(15(16)17)2-3-8(6)10/h2-5,15-16H,1H3,(H3,11,12,14)/b13-5+. The number of hydrogen-bond acceptors (Lipinski definition) is 4. The Morgan fingerprint density at radius 2 is 2.35 bits per heavy atom. The Morgan fingerprint density at radius 3 is 2.94 bits per heavy atom. The van der Waals surface area contributed by atoms with Crippen molar-refractivity contribution < 1.29 is 14.8 Å². The summed E-state index contributed by atoms with van der Waals surface area (Å²) in [4.78, 5) is 3.57. The fourth-order valence-corrected chi connectivity index (χ4v) is 0.994. The van der Waals surface area contributed by atoms with Gasteiger partial charge in [-0.15, -0.1) is 0 Å². The summed E-state index contributed by atoms with van der Waals surface area (Å²) in [5.41, 5.74) is 7.65. The first-order valence-corrected chi connectivity index (χ1v) is 4.58. The highest BCUT2D eigenvalue weighted by molar-refractivity contribution is 5.83. The molecular weight excluding hydrogens is 229 g/mol. The number of nitrogens with two attached hydrogens (primary N) is 1. The van der Waals surface area contributed by atoms with Gasteiger partial charge in [-0.25, -0.2) is 15.0 Å². The number of rotatable bonds is 3. The maximum Gasteiger partial charge on any atom is 0.209 e. The number of nitrogens with one attached hydrogen (secondary N) is 2. The summed E-state index contributed by atoms with van der Waals surface area (Å²) in [5.74, 6) is -0.511. The van der Waals surface area contributed by atoms with Crippen LogP contribution in [-0.2, 0) is 0 Å². The first-order valence-electron chi connectivity index (χ1n) is 4.58. The van der Waals surface area contributed by atoms with Crippen LogP contribution in [0.5, 0.6) is 0 Å². The van der Waals surface area contributed by atoms with Gasteiger partial charge in [-0.05, 0) is 6.07 Å². The van der Waals surface area contributed by atoms with Crippen LogP contribution in [0.15, 0.2) is 28.3 Å². The minimum absolute atomic E-state index is 0.0232. The van der Waals surface area contributed by atoms with E-state index in [0.29, 0.717) is 0 Å². The lowest BCUT2D eigenvalue weighted by Gasteiger charge is -2.11. The second kappa shape index (κ2) is 5.89. The molecule has 0 spiro atoms. The Hall–Kier alpha value is -2.03. The predicted octanol–water partition coefficient (Wildman–Crippen LogP) is -0.903. The van der Waals surface area contributed by atoms with E-state index in [9.17, 15) is 9.60 Å². The lowest BCUT2D eigenvalue weighted by molar-refractivity contribution is -0.991. The quantitative estimate of drug-likeness (QED) is 0.312. The van der Waals surface area contributed by atoms with Crippen LogP contribution in [0.2, 0.25) is 0 Å². The van der Waals surface area contributed by atoms with E-state index in [4.69, 9.17) is 10.9 Å². The van der Waals surface area contributed by atoms with E-state index in [1.807, 2.05) is 0 Å². The van der Waals surface area contributed by atoms with Gasteiger partial charge in [0.15, 0.2) is 5.69 Å². The van der Waals surface area contributed by atoms with Crippen molar-refractivity contribution in [1.82, 2.24) is 5.43 Å². The monoisotopic (exact) mass is 241 g/mol. The van der Waals surface area contributed by atoms with Crippen LogP contribution < -0.4 is 16.4 Å². The molecule has 92 valence electrons. The minimum Gasteiger partial charge on any atom is -0.595 e. The van der Waals surface area contributed by atoms with Crippen molar-refractivity contribution in [1.29, 1.82) is 0 Å². The molecule has 0 fully saturated rings. The molecule has 0 heterocycles.